The summed E-state index contributed by atoms with van der Waals surface area (Å²) in [4.78, 5) is 0. The van der Waals surface area contributed by atoms with Crippen molar-refractivity contribution >= 4 is 0 Å². The summed E-state index contributed by atoms with van der Waals surface area (Å²) in [6.45, 7) is 0. The summed E-state index contributed by atoms with van der Waals surface area (Å²) in [7, 11) is 0. The van der Waals surface area contributed by atoms with Gasteiger partial charge in [-0.3, -0.25) is 0 Å². The van der Waals surface area contributed by atoms with E-state index in [2.05, 4.69) is 24.3 Å². The van der Waals surface area contributed by atoms with Gasteiger partial charge in [-0.15, -0.1) is 0 Å². The molecule has 1 fully saturated rings. The minimum Gasteiger partial charge on any atom is -0.457 e. The Bertz CT molecular complexity index is 435. The highest BCUT2D eigenvalue weighted by Gasteiger charge is 2.14. The number of hydrogen-bond acceptors (Lipinski definition) is 1. The monoisotopic (exact) mass is 238 g/mol. The quantitative estimate of drug-likeness (QED) is 0.539. The van der Waals surface area contributed by atoms with E-state index in [0.29, 0.717) is 0 Å². The van der Waals surface area contributed by atoms with Gasteiger partial charge in [-0.25, -0.2) is 0 Å². The summed E-state index contributed by atoms with van der Waals surface area (Å²) >= 11 is 0. The van der Waals surface area contributed by atoms with E-state index in [9.17, 15) is 0 Å². The van der Waals surface area contributed by atoms with Crippen molar-refractivity contribution in [2.45, 2.75) is 32.1 Å². The topological polar surface area (TPSA) is 9.23 Å². The lowest BCUT2D eigenvalue weighted by atomic mass is 10.0. The third-order valence-electron chi connectivity index (χ3n) is 3.55. The predicted octanol–water partition coefficient (Wildman–Crippen LogP) is 4.94. The SMILES string of the molecule is C1CCC1.c1ccc2c(c1)Cc1ccccc1O2. The van der Waals surface area contributed by atoms with Crippen LogP contribution in [0.1, 0.15) is 36.8 Å². The lowest BCUT2D eigenvalue weighted by molar-refractivity contribution is 0.460. The van der Waals surface area contributed by atoms with Crippen LogP contribution in [0.4, 0.5) is 0 Å². The zero-order valence-electron chi connectivity index (χ0n) is 10.6. The number of benzene rings is 2. The zero-order valence-corrected chi connectivity index (χ0v) is 10.6. The molecule has 0 unspecified atom stereocenters. The lowest BCUT2D eigenvalue weighted by Gasteiger charge is -2.19. The highest BCUT2D eigenvalue weighted by atomic mass is 16.5. The number of rotatable bonds is 0. The van der Waals surface area contributed by atoms with Gasteiger partial charge < -0.3 is 4.74 Å². The zero-order chi connectivity index (χ0) is 12.2. The van der Waals surface area contributed by atoms with Gasteiger partial charge in [0.1, 0.15) is 11.5 Å². The largest absolute Gasteiger partial charge is 0.457 e. The van der Waals surface area contributed by atoms with Gasteiger partial charge >= 0.3 is 0 Å². The molecule has 0 aromatic heterocycles. The molecule has 1 heterocycles. The van der Waals surface area contributed by atoms with Crippen molar-refractivity contribution in [2.24, 2.45) is 0 Å². The standard InChI is InChI=1S/C13H10O.C4H8/c1-3-7-12-10(5-1)9-11-6-2-4-8-13(11)14-12;1-2-4-3-1/h1-8H,9H2;1-4H2. The summed E-state index contributed by atoms with van der Waals surface area (Å²) in [6.07, 6.45) is 6.98. The molecule has 1 aliphatic carbocycles. The molecule has 0 saturated heterocycles. The average molecular weight is 238 g/mol. The number of hydrogen-bond donors (Lipinski definition) is 0. The van der Waals surface area contributed by atoms with Gasteiger partial charge in [0.25, 0.3) is 0 Å². The van der Waals surface area contributed by atoms with Crippen LogP contribution < -0.4 is 4.74 Å². The smallest absolute Gasteiger partial charge is 0.130 e. The normalized spacial score (nSPS) is 15.1. The Morgan fingerprint density at radius 3 is 1.50 bits per heavy atom. The Morgan fingerprint density at radius 2 is 1.06 bits per heavy atom. The molecule has 1 heteroatoms. The van der Waals surface area contributed by atoms with E-state index < -0.39 is 0 Å². The van der Waals surface area contributed by atoms with E-state index in [1.807, 2.05) is 24.3 Å². The summed E-state index contributed by atoms with van der Waals surface area (Å²) in [5.74, 6) is 1.98. The fraction of sp³-hybridized carbons (Fsp3) is 0.294. The minimum absolute atomic E-state index is 0.979. The molecule has 0 atom stereocenters. The third kappa shape index (κ3) is 2.40. The van der Waals surface area contributed by atoms with Gasteiger partial charge in [0.05, 0.1) is 0 Å². The van der Waals surface area contributed by atoms with Crippen LogP contribution in [0.3, 0.4) is 0 Å². The van der Waals surface area contributed by atoms with Crippen molar-refractivity contribution in [3.05, 3.63) is 59.7 Å². The second-order valence-corrected chi connectivity index (χ2v) is 4.91. The van der Waals surface area contributed by atoms with Crippen LogP contribution in [-0.2, 0) is 6.42 Å². The fourth-order valence-electron chi connectivity index (χ4n) is 2.07. The van der Waals surface area contributed by atoms with Crippen LogP contribution >= 0.6 is 0 Å². The van der Waals surface area contributed by atoms with Gasteiger partial charge in [0.2, 0.25) is 0 Å². The van der Waals surface area contributed by atoms with Gasteiger partial charge in [-0.05, 0) is 23.3 Å². The molecule has 1 saturated carbocycles. The molecule has 18 heavy (non-hydrogen) atoms. The van der Waals surface area contributed by atoms with Crippen LogP contribution in [0.5, 0.6) is 11.5 Å². The highest BCUT2D eigenvalue weighted by molar-refractivity contribution is 5.49. The van der Waals surface area contributed by atoms with E-state index in [1.54, 1.807) is 0 Å². The molecule has 1 nitrogen and oxygen atoms in total. The molecule has 1 aliphatic heterocycles. The van der Waals surface area contributed by atoms with Crippen LogP contribution in [0.15, 0.2) is 48.5 Å². The molecule has 0 amide bonds. The van der Waals surface area contributed by atoms with Crippen molar-refractivity contribution in [3.63, 3.8) is 0 Å². The molecule has 0 bridgehead atoms. The summed E-state index contributed by atoms with van der Waals surface area (Å²) in [6, 6.07) is 16.4. The molecule has 0 spiro atoms. The number of ether oxygens (including phenoxy) is 1. The first-order chi connectivity index (χ1) is 8.93. The first-order valence-corrected chi connectivity index (χ1v) is 6.77. The summed E-state index contributed by atoms with van der Waals surface area (Å²) in [5, 5.41) is 0. The fourth-order valence-corrected chi connectivity index (χ4v) is 2.07. The van der Waals surface area contributed by atoms with Gasteiger partial charge in [-0.2, -0.15) is 0 Å². The molecule has 2 aliphatic rings. The van der Waals surface area contributed by atoms with Crippen LogP contribution in [-0.4, -0.2) is 0 Å². The van der Waals surface area contributed by atoms with Crippen molar-refractivity contribution in [1.29, 1.82) is 0 Å². The molecule has 92 valence electrons. The first kappa shape index (κ1) is 11.3. The number of fused-ring (bicyclic) bond motifs is 2. The molecular weight excluding hydrogens is 220 g/mol. The molecular formula is C17H18O. The van der Waals surface area contributed by atoms with E-state index in [-0.39, 0.29) is 0 Å². The Hall–Kier alpha value is -1.76. The van der Waals surface area contributed by atoms with Gasteiger partial charge in [0, 0.05) is 6.42 Å². The Kier molecular flexibility index (Phi) is 3.31. The van der Waals surface area contributed by atoms with E-state index >= 15 is 0 Å². The van der Waals surface area contributed by atoms with Crippen molar-refractivity contribution in [2.75, 3.05) is 0 Å². The van der Waals surface area contributed by atoms with Gasteiger partial charge in [-0.1, -0.05) is 62.1 Å². The second-order valence-electron chi connectivity index (χ2n) is 4.91. The lowest BCUT2D eigenvalue weighted by Crippen LogP contribution is -2.01. The molecule has 2 aromatic rings. The summed E-state index contributed by atoms with van der Waals surface area (Å²) < 4.78 is 5.78. The molecule has 0 radical (unpaired) electrons. The minimum atomic E-state index is 0.979. The maximum Gasteiger partial charge on any atom is 0.130 e. The van der Waals surface area contributed by atoms with Crippen LogP contribution in [0, 0.1) is 0 Å². The first-order valence-electron chi connectivity index (χ1n) is 6.77. The van der Waals surface area contributed by atoms with Crippen LogP contribution in [0.25, 0.3) is 0 Å². The van der Waals surface area contributed by atoms with E-state index in [1.165, 1.54) is 36.8 Å². The molecule has 0 N–H and O–H groups in total. The molecule has 4 rings (SSSR count). The van der Waals surface area contributed by atoms with Crippen molar-refractivity contribution in [1.82, 2.24) is 0 Å². The Balaban J connectivity index is 0.000000214. The van der Waals surface area contributed by atoms with Crippen molar-refractivity contribution in [3.8, 4) is 11.5 Å². The number of para-hydroxylation sites is 2. The Labute approximate surface area is 108 Å². The highest BCUT2D eigenvalue weighted by Crippen LogP contribution is 2.35. The van der Waals surface area contributed by atoms with Crippen molar-refractivity contribution < 1.29 is 4.74 Å². The average Bonchev–Trinajstić information content (AvgIpc) is 2.34. The second kappa shape index (κ2) is 5.26. The maximum absolute atomic E-state index is 5.78. The maximum atomic E-state index is 5.78. The van der Waals surface area contributed by atoms with Crippen LogP contribution in [0.2, 0.25) is 0 Å². The predicted molar refractivity (Wildman–Crippen MR) is 74.2 cm³/mol. The summed E-state index contributed by atoms with van der Waals surface area (Å²) in [5.41, 5.74) is 2.54. The van der Waals surface area contributed by atoms with Gasteiger partial charge in [0.15, 0.2) is 0 Å². The Morgan fingerprint density at radius 1 is 0.611 bits per heavy atom. The third-order valence-corrected chi connectivity index (χ3v) is 3.55. The molecule has 2 aromatic carbocycles. The van der Waals surface area contributed by atoms with E-state index in [4.69, 9.17) is 4.74 Å². The van der Waals surface area contributed by atoms with E-state index in [0.717, 1.165) is 17.9 Å².